The molecule has 3 rings (SSSR count). The van der Waals surface area contributed by atoms with Crippen LogP contribution >= 0.6 is 0 Å². The average molecular weight is 354 g/mol. The Morgan fingerprint density at radius 1 is 0.923 bits per heavy atom. The second kappa shape index (κ2) is 8.98. The standard InChI is InChI=1S/C23H30O3/c1-3-13-25-22-16-23(26-14-4-2)21-15-18(22)7-5-6-8-20(21)17-9-11-19(24)12-10-17/h9-12,15-16,20,24H,3-8,13-14H2,1-2H3. The molecule has 0 heterocycles. The highest BCUT2D eigenvalue weighted by Crippen LogP contribution is 2.42. The number of phenols is 1. The molecule has 2 aromatic carbocycles. The molecule has 1 atom stereocenters. The molecule has 1 N–H and O–H groups in total. The van der Waals surface area contributed by atoms with Crippen LogP contribution < -0.4 is 9.47 Å². The number of hydrogen-bond donors (Lipinski definition) is 1. The Bertz CT molecular complexity index is 706. The van der Waals surface area contributed by atoms with E-state index in [-0.39, 0.29) is 0 Å². The van der Waals surface area contributed by atoms with Gasteiger partial charge in [0.15, 0.2) is 0 Å². The van der Waals surface area contributed by atoms with E-state index in [1.54, 1.807) is 12.1 Å². The normalized spacial score (nSPS) is 16.6. The second-order valence-corrected chi connectivity index (χ2v) is 7.08. The molecule has 0 aromatic heterocycles. The summed E-state index contributed by atoms with van der Waals surface area (Å²) >= 11 is 0. The lowest BCUT2D eigenvalue weighted by Crippen LogP contribution is -2.11. The van der Waals surface area contributed by atoms with E-state index in [0.717, 1.165) is 43.8 Å². The molecule has 3 heteroatoms. The molecule has 2 bridgehead atoms. The van der Waals surface area contributed by atoms with E-state index in [1.807, 2.05) is 12.1 Å². The zero-order valence-corrected chi connectivity index (χ0v) is 16.0. The number of rotatable bonds is 7. The van der Waals surface area contributed by atoms with Crippen molar-refractivity contribution in [1.82, 2.24) is 0 Å². The van der Waals surface area contributed by atoms with Crippen LogP contribution in [0.4, 0.5) is 0 Å². The van der Waals surface area contributed by atoms with Gasteiger partial charge in [0.1, 0.15) is 17.2 Å². The molecule has 1 unspecified atom stereocenters. The van der Waals surface area contributed by atoms with E-state index in [1.165, 1.54) is 29.5 Å². The molecule has 0 fully saturated rings. The van der Waals surface area contributed by atoms with Crippen molar-refractivity contribution >= 4 is 0 Å². The molecular formula is C23H30O3. The third-order valence-corrected chi connectivity index (χ3v) is 4.98. The zero-order valence-electron chi connectivity index (χ0n) is 16.0. The second-order valence-electron chi connectivity index (χ2n) is 7.08. The van der Waals surface area contributed by atoms with Crippen LogP contribution in [0.2, 0.25) is 0 Å². The van der Waals surface area contributed by atoms with Gasteiger partial charge in [-0.25, -0.2) is 0 Å². The minimum absolute atomic E-state index is 0.293. The van der Waals surface area contributed by atoms with Gasteiger partial charge < -0.3 is 14.6 Å². The summed E-state index contributed by atoms with van der Waals surface area (Å²) in [4.78, 5) is 0. The van der Waals surface area contributed by atoms with Crippen molar-refractivity contribution in [3.05, 3.63) is 53.1 Å². The van der Waals surface area contributed by atoms with Crippen LogP contribution in [0.5, 0.6) is 17.2 Å². The maximum atomic E-state index is 9.64. The van der Waals surface area contributed by atoms with Gasteiger partial charge in [0.2, 0.25) is 0 Å². The molecule has 1 aliphatic rings. The number of aromatic hydroxyl groups is 1. The van der Waals surface area contributed by atoms with E-state index < -0.39 is 0 Å². The van der Waals surface area contributed by atoms with Gasteiger partial charge in [-0.05, 0) is 61.4 Å². The van der Waals surface area contributed by atoms with Crippen LogP contribution in [0.1, 0.15) is 68.6 Å². The van der Waals surface area contributed by atoms with E-state index in [4.69, 9.17) is 9.47 Å². The predicted molar refractivity (Wildman–Crippen MR) is 106 cm³/mol. The fraction of sp³-hybridized carbons (Fsp3) is 0.478. The summed E-state index contributed by atoms with van der Waals surface area (Å²) in [6.45, 7) is 5.71. The molecule has 0 amide bonds. The van der Waals surface area contributed by atoms with Crippen molar-refractivity contribution < 1.29 is 14.6 Å². The van der Waals surface area contributed by atoms with Crippen molar-refractivity contribution in [2.24, 2.45) is 0 Å². The number of ether oxygens (including phenoxy) is 2. The number of benzene rings is 2. The Balaban J connectivity index is 2.03. The van der Waals surface area contributed by atoms with Crippen molar-refractivity contribution in [2.75, 3.05) is 13.2 Å². The van der Waals surface area contributed by atoms with Crippen LogP contribution in [-0.4, -0.2) is 18.3 Å². The Kier molecular flexibility index (Phi) is 6.43. The monoisotopic (exact) mass is 354 g/mol. The number of phenolic OH excluding ortho intramolecular Hbond substituents is 1. The molecule has 0 radical (unpaired) electrons. The van der Waals surface area contributed by atoms with Gasteiger partial charge >= 0.3 is 0 Å². The molecule has 0 saturated heterocycles. The highest BCUT2D eigenvalue weighted by Gasteiger charge is 2.23. The number of fused-ring (bicyclic) bond motifs is 2. The Labute approximate surface area is 157 Å². The minimum atomic E-state index is 0.293. The van der Waals surface area contributed by atoms with Crippen LogP contribution in [0, 0.1) is 0 Å². The summed E-state index contributed by atoms with van der Waals surface area (Å²) < 4.78 is 12.2. The fourth-order valence-corrected chi connectivity index (χ4v) is 3.65. The maximum absolute atomic E-state index is 9.64. The first-order chi connectivity index (χ1) is 12.7. The quantitative estimate of drug-likeness (QED) is 0.680. The third-order valence-electron chi connectivity index (χ3n) is 4.98. The largest absolute Gasteiger partial charge is 0.508 e. The predicted octanol–water partition coefficient (Wildman–Crippen LogP) is 5.83. The number of aryl methyl sites for hydroxylation is 1. The molecule has 3 nitrogen and oxygen atoms in total. The van der Waals surface area contributed by atoms with Crippen molar-refractivity contribution in [2.45, 2.75) is 58.3 Å². The van der Waals surface area contributed by atoms with Gasteiger partial charge in [-0.1, -0.05) is 32.4 Å². The van der Waals surface area contributed by atoms with E-state index in [9.17, 15) is 5.11 Å². The number of hydrogen-bond acceptors (Lipinski definition) is 3. The van der Waals surface area contributed by atoms with Crippen molar-refractivity contribution in [1.29, 1.82) is 0 Å². The molecule has 0 saturated carbocycles. The lowest BCUT2D eigenvalue weighted by atomic mass is 9.82. The van der Waals surface area contributed by atoms with Crippen LogP contribution in [0.3, 0.4) is 0 Å². The third kappa shape index (κ3) is 4.32. The summed E-state index contributed by atoms with van der Waals surface area (Å²) in [5.74, 6) is 2.53. The maximum Gasteiger partial charge on any atom is 0.126 e. The van der Waals surface area contributed by atoms with Gasteiger partial charge in [0, 0.05) is 17.5 Å². The molecule has 0 aliphatic heterocycles. The van der Waals surface area contributed by atoms with Gasteiger partial charge in [0.25, 0.3) is 0 Å². The highest BCUT2D eigenvalue weighted by atomic mass is 16.5. The van der Waals surface area contributed by atoms with Crippen LogP contribution in [-0.2, 0) is 6.42 Å². The average Bonchev–Trinajstić information content (AvgIpc) is 2.64. The van der Waals surface area contributed by atoms with Crippen LogP contribution in [0.15, 0.2) is 36.4 Å². The van der Waals surface area contributed by atoms with Gasteiger partial charge in [-0.2, -0.15) is 0 Å². The first-order valence-electron chi connectivity index (χ1n) is 9.94. The smallest absolute Gasteiger partial charge is 0.126 e. The highest BCUT2D eigenvalue weighted by molar-refractivity contribution is 5.51. The molecular weight excluding hydrogens is 324 g/mol. The first-order valence-corrected chi connectivity index (χ1v) is 9.94. The van der Waals surface area contributed by atoms with Gasteiger partial charge in [-0.15, -0.1) is 0 Å². The SMILES string of the molecule is CCCOc1cc(OCCC)c2cc1CCCCC2c1ccc(O)cc1. The van der Waals surface area contributed by atoms with Gasteiger partial charge in [0.05, 0.1) is 13.2 Å². The van der Waals surface area contributed by atoms with E-state index in [2.05, 4.69) is 26.0 Å². The Morgan fingerprint density at radius 3 is 2.31 bits per heavy atom. The molecule has 2 aromatic rings. The van der Waals surface area contributed by atoms with Gasteiger partial charge in [-0.3, -0.25) is 0 Å². The van der Waals surface area contributed by atoms with Crippen molar-refractivity contribution in [3.63, 3.8) is 0 Å². The fourth-order valence-electron chi connectivity index (χ4n) is 3.65. The zero-order chi connectivity index (χ0) is 18.4. The topological polar surface area (TPSA) is 38.7 Å². The molecule has 26 heavy (non-hydrogen) atoms. The summed E-state index contributed by atoms with van der Waals surface area (Å²) in [6, 6.07) is 12.0. The van der Waals surface area contributed by atoms with E-state index >= 15 is 0 Å². The van der Waals surface area contributed by atoms with E-state index in [0.29, 0.717) is 18.3 Å². The molecule has 1 aliphatic carbocycles. The Morgan fingerprint density at radius 2 is 1.62 bits per heavy atom. The Hall–Kier alpha value is -2.16. The first kappa shape index (κ1) is 18.6. The summed E-state index contributed by atoms with van der Waals surface area (Å²) in [7, 11) is 0. The lowest BCUT2D eigenvalue weighted by Gasteiger charge is -2.26. The minimum Gasteiger partial charge on any atom is -0.508 e. The summed E-state index contributed by atoms with van der Waals surface area (Å²) in [5.41, 5.74) is 3.78. The summed E-state index contributed by atoms with van der Waals surface area (Å²) in [5, 5.41) is 9.64. The molecule has 140 valence electrons. The van der Waals surface area contributed by atoms with Crippen LogP contribution in [0.25, 0.3) is 0 Å². The molecule has 0 spiro atoms. The lowest BCUT2D eigenvalue weighted by molar-refractivity contribution is 0.295. The van der Waals surface area contributed by atoms with Crippen molar-refractivity contribution in [3.8, 4) is 17.2 Å². The summed E-state index contributed by atoms with van der Waals surface area (Å²) in [6.07, 6.45) is 6.49.